The van der Waals surface area contributed by atoms with Gasteiger partial charge in [0.25, 0.3) is 5.91 Å². The number of amides is 1. The Hall–Kier alpha value is -1.69. The largest absolute Gasteiger partial charge is 0.478 e. The third-order valence-corrected chi connectivity index (χ3v) is 2.45. The van der Waals surface area contributed by atoms with Gasteiger partial charge >= 0.3 is 0 Å². The van der Waals surface area contributed by atoms with E-state index in [0.717, 1.165) is 0 Å². The number of nitrogens with zero attached hydrogens (tertiary/aromatic N) is 1. The topological polar surface area (TPSA) is 55.6 Å². The highest BCUT2D eigenvalue weighted by molar-refractivity contribution is 5.77. The summed E-state index contributed by atoms with van der Waals surface area (Å²) in [5, 5.41) is 0. The van der Waals surface area contributed by atoms with Crippen LogP contribution in [0.5, 0.6) is 5.75 Å². The van der Waals surface area contributed by atoms with Crippen LogP contribution in [0.4, 0.5) is 8.78 Å². The zero-order chi connectivity index (χ0) is 14.6. The van der Waals surface area contributed by atoms with Crippen LogP contribution in [0, 0.1) is 11.6 Å². The summed E-state index contributed by atoms with van der Waals surface area (Å²) in [6, 6.07) is 2.14. The van der Waals surface area contributed by atoms with E-state index in [2.05, 4.69) is 0 Å². The summed E-state index contributed by atoms with van der Waals surface area (Å²) in [6.07, 6.45) is 0.366. The summed E-state index contributed by atoms with van der Waals surface area (Å²) < 4.78 is 32.2. The molecule has 6 heteroatoms. The lowest BCUT2D eigenvalue weighted by Crippen LogP contribution is -2.28. The summed E-state index contributed by atoms with van der Waals surface area (Å²) in [7, 11) is 3.06. The van der Waals surface area contributed by atoms with Gasteiger partial charge in [-0.2, -0.15) is 0 Å². The van der Waals surface area contributed by atoms with Crippen molar-refractivity contribution >= 4 is 5.91 Å². The van der Waals surface area contributed by atoms with Gasteiger partial charge in [-0.05, 0) is 31.0 Å². The van der Waals surface area contributed by atoms with Gasteiger partial charge in [0.2, 0.25) is 0 Å². The van der Waals surface area contributed by atoms with E-state index in [1.165, 1.54) is 31.1 Å². The van der Waals surface area contributed by atoms with E-state index in [-0.39, 0.29) is 11.9 Å². The van der Waals surface area contributed by atoms with Gasteiger partial charge in [-0.15, -0.1) is 0 Å². The van der Waals surface area contributed by atoms with Gasteiger partial charge < -0.3 is 15.4 Å². The van der Waals surface area contributed by atoms with Crippen molar-refractivity contribution in [3.8, 4) is 5.75 Å². The monoisotopic (exact) mass is 272 g/mol. The molecule has 0 aliphatic heterocycles. The number of hydrogen-bond acceptors (Lipinski definition) is 3. The lowest BCUT2D eigenvalue weighted by Gasteiger charge is -2.13. The van der Waals surface area contributed by atoms with Gasteiger partial charge in [0.15, 0.2) is 24.0 Å². The van der Waals surface area contributed by atoms with Gasteiger partial charge in [0.1, 0.15) is 0 Å². The van der Waals surface area contributed by atoms with Crippen molar-refractivity contribution < 1.29 is 18.3 Å². The maximum Gasteiger partial charge on any atom is 0.259 e. The lowest BCUT2D eigenvalue weighted by atomic mass is 10.1. The molecule has 0 aliphatic carbocycles. The molecule has 0 radical (unpaired) electrons. The summed E-state index contributed by atoms with van der Waals surface area (Å²) in [5.41, 5.74) is 6.02. The Labute approximate surface area is 111 Å². The van der Waals surface area contributed by atoms with Gasteiger partial charge in [-0.1, -0.05) is 0 Å². The second-order valence-corrected chi connectivity index (χ2v) is 4.65. The van der Waals surface area contributed by atoms with E-state index in [1.807, 2.05) is 0 Å². The van der Waals surface area contributed by atoms with Gasteiger partial charge in [-0.25, -0.2) is 8.78 Å². The molecule has 106 valence electrons. The van der Waals surface area contributed by atoms with Gasteiger partial charge in [-0.3, -0.25) is 4.79 Å². The predicted molar refractivity (Wildman–Crippen MR) is 67.9 cm³/mol. The highest BCUT2D eigenvalue weighted by Gasteiger charge is 2.15. The molecule has 1 aromatic rings. The van der Waals surface area contributed by atoms with E-state index in [0.29, 0.717) is 12.0 Å². The third-order valence-electron chi connectivity index (χ3n) is 2.45. The second kappa shape index (κ2) is 6.47. The van der Waals surface area contributed by atoms with Crippen molar-refractivity contribution in [3.63, 3.8) is 0 Å². The Morgan fingerprint density at radius 3 is 2.32 bits per heavy atom. The molecule has 0 bridgehead atoms. The quantitative estimate of drug-likeness (QED) is 0.879. The Morgan fingerprint density at radius 1 is 1.37 bits per heavy atom. The van der Waals surface area contributed by atoms with Crippen LogP contribution in [-0.4, -0.2) is 37.6 Å². The van der Waals surface area contributed by atoms with Crippen molar-refractivity contribution in [3.05, 3.63) is 29.3 Å². The number of likely N-dealkylation sites (N-methyl/N-ethyl adjacent to an activating group) is 1. The molecule has 0 heterocycles. The molecule has 1 aromatic carbocycles. The van der Waals surface area contributed by atoms with E-state index in [1.54, 1.807) is 6.92 Å². The number of carbonyl (C=O) groups is 1. The Kier molecular flexibility index (Phi) is 5.23. The molecular formula is C13H18F2N2O2. The number of benzene rings is 1. The molecule has 1 amide bonds. The molecule has 0 spiro atoms. The number of carbonyl (C=O) groups excluding carboxylic acids is 1. The summed E-state index contributed by atoms with van der Waals surface area (Å²) in [6.45, 7) is 1.34. The lowest BCUT2D eigenvalue weighted by molar-refractivity contribution is -0.130. The van der Waals surface area contributed by atoms with E-state index < -0.39 is 24.0 Å². The molecule has 0 aromatic heterocycles. The van der Waals surface area contributed by atoms with Crippen molar-refractivity contribution in [1.29, 1.82) is 0 Å². The normalized spacial score (nSPS) is 12.1. The van der Waals surface area contributed by atoms with Crippen LogP contribution < -0.4 is 10.5 Å². The highest BCUT2D eigenvalue weighted by Crippen LogP contribution is 2.23. The SMILES string of the molecule is CC(N)Cc1cc(F)c(OCC(=O)N(C)C)c(F)c1. The second-order valence-electron chi connectivity index (χ2n) is 4.65. The number of hydrogen-bond donors (Lipinski definition) is 1. The average molecular weight is 272 g/mol. The van der Waals surface area contributed by atoms with Crippen LogP contribution in [0.1, 0.15) is 12.5 Å². The number of halogens is 2. The minimum Gasteiger partial charge on any atom is -0.478 e. The molecule has 0 fully saturated rings. The standard InChI is InChI=1S/C13H18F2N2O2/c1-8(16)4-9-5-10(14)13(11(15)6-9)19-7-12(18)17(2)3/h5-6,8H,4,7,16H2,1-3H3. The van der Waals surface area contributed by atoms with Crippen molar-refractivity contribution in [2.75, 3.05) is 20.7 Å². The molecule has 0 saturated carbocycles. The first kappa shape index (κ1) is 15.4. The van der Waals surface area contributed by atoms with Crippen LogP contribution in [0.25, 0.3) is 0 Å². The van der Waals surface area contributed by atoms with E-state index in [4.69, 9.17) is 10.5 Å². The highest BCUT2D eigenvalue weighted by atomic mass is 19.1. The van der Waals surface area contributed by atoms with Crippen molar-refractivity contribution in [1.82, 2.24) is 4.90 Å². The number of rotatable bonds is 5. The molecule has 1 unspecified atom stereocenters. The fourth-order valence-corrected chi connectivity index (χ4v) is 1.50. The molecule has 1 atom stereocenters. The fraction of sp³-hybridized carbons (Fsp3) is 0.462. The van der Waals surface area contributed by atoms with E-state index >= 15 is 0 Å². The van der Waals surface area contributed by atoms with Crippen molar-refractivity contribution in [2.45, 2.75) is 19.4 Å². The van der Waals surface area contributed by atoms with Crippen molar-refractivity contribution in [2.24, 2.45) is 5.73 Å². The molecule has 1 rings (SSSR count). The van der Waals surface area contributed by atoms with Crippen LogP contribution >= 0.6 is 0 Å². The summed E-state index contributed by atoms with van der Waals surface area (Å²) >= 11 is 0. The van der Waals surface area contributed by atoms with Gasteiger partial charge in [0, 0.05) is 20.1 Å². The molecule has 2 N–H and O–H groups in total. The van der Waals surface area contributed by atoms with E-state index in [9.17, 15) is 13.6 Å². The first-order chi connectivity index (χ1) is 8.81. The smallest absolute Gasteiger partial charge is 0.259 e. The zero-order valence-corrected chi connectivity index (χ0v) is 11.2. The molecule has 0 aliphatic rings. The maximum atomic E-state index is 13.7. The predicted octanol–water partition coefficient (Wildman–Crippen LogP) is 1.32. The Bertz CT molecular complexity index is 439. The van der Waals surface area contributed by atoms with Gasteiger partial charge in [0.05, 0.1) is 0 Å². The van der Waals surface area contributed by atoms with Crippen LogP contribution in [-0.2, 0) is 11.2 Å². The Balaban J connectivity index is 2.82. The number of ether oxygens (including phenoxy) is 1. The Morgan fingerprint density at radius 2 is 1.89 bits per heavy atom. The summed E-state index contributed by atoms with van der Waals surface area (Å²) in [5.74, 6) is -2.58. The molecule has 4 nitrogen and oxygen atoms in total. The average Bonchev–Trinajstić information content (AvgIpc) is 2.26. The van der Waals surface area contributed by atoms with Crippen LogP contribution in [0.2, 0.25) is 0 Å². The first-order valence-corrected chi connectivity index (χ1v) is 5.87. The number of nitrogens with two attached hydrogens (primary N) is 1. The molecule has 0 saturated heterocycles. The van der Waals surface area contributed by atoms with Crippen LogP contribution in [0.3, 0.4) is 0 Å². The molecular weight excluding hydrogens is 254 g/mol. The fourth-order valence-electron chi connectivity index (χ4n) is 1.50. The summed E-state index contributed by atoms with van der Waals surface area (Å²) in [4.78, 5) is 12.6. The zero-order valence-electron chi connectivity index (χ0n) is 11.2. The van der Waals surface area contributed by atoms with Crippen LogP contribution in [0.15, 0.2) is 12.1 Å². The third kappa shape index (κ3) is 4.48. The minimum atomic E-state index is -0.831. The minimum absolute atomic E-state index is 0.194. The maximum absolute atomic E-state index is 13.7. The molecule has 19 heavy (non-hydrogen) atoms. The first-order valence-electron chi connectivity index (χ1n) is 5.87.